The van der Waals surface area contributed by atoms with Crippen LogP contribution in [0.1, 0.15) is 5.56 Å². The van der Waals surface area contributed by atoms with Gasteiger partial charge in [0, 0.05) is 11.9 Å². The SMILES string of the molecule is [N]=C=Cc1ccccc1. The highest BCUT2D eigenvalue weighted by molar-refractivity contribution is 5.76. The van der Waals surface area contributed by atoms with Gasteiger partial charge in [0.05, 0.1) is 0 Å². The average Bonchev–Trinajstić information content (AvgIpc) is 1.91. The molecule has 0 unspecified atom stereocenters. The molecule has 1 radical (unpaired) electrons. The van der Waals surface area contributed by atoms with Crippen LogP contribution in [-0.2, 0) is 0 Å². The van der Waals surface area contributed by atoms with Gasteiger partial charge >= 0.3 is 0 Å². The summed E-state index contributed by atoms with van der Waals surface area (Å²) in [6, 6.07) is 9.52. The smallest absolute Gasteiger partial charge is 0.0120 e. The monoisotopic (exact) mass is 116 g/mol. The van der Waals surface area contributed by atoms with Crippen LogP contribution in [0.2, 0.25) is 0 Å². The maximum atomic E-state index is 8.21. The molecule has 0 bridgehead atoms. The van der Waals surface area contributed by atoms with Gasteiger partial charge in [-0.2, -0.15) is 0 Å². The summed E-state index contributed by atoms with van der Waals surface area (Å²) in [6.45, 7) is 0. The Hall–Kier alpha value is -1.33. The van der Waals surface area contributed by atoms with Gasteiger partial charge in [-0.15, -0.1) is 0 Å². The molecule has 43 valence electrons. The van der Waals surface area contributed by atoms with Crippen LogP contribution in [0.3, 0.4) is 0 Å². The molecule has 1 aromatic rings. The van der Waals surface area contributed by atoms with Crippen molar-refractivity contribution >= 4 is 11.9 Å². The van der Waals surface area contributed by atoms with Gasteiger partial charge in [0.1, 0.15) is 0 Å². The third-order valence-corrected chi connectivity index (χ3v) is 1.03. The zero-order chi connectivity index (χ0) is 6.53. The third-order valence-electron chi connectivity index (χ3n) is 1.03. The molecule has 0 fully saturated rings. The lowest BCUT2D eigenvalue weighted by Gasteiger charge is -1.84. The fourth-order valence-corrected chi connectivity index (χ4v) is 0.624. The maximum Gasteiger partial charge on any atom is 0.0120 e. The van der Waals surface area contributed by atoms with Crippen molar-refractivity contribution in [3.05, 3.63) is 35.9 Å². The summed E-state index contributed by atoms with van der Waals surface area (Å²) in [7, 11) is 0. The second-order valence-corrected chi connectivity index (χ2v) is 1.68. The van der Waals surface area contributed by atoms with E-state index in [0.717, 1.165) is 5.56 Å². The van der Waals surface area contributed by atoms with Crippen LogP contribution in [-0.4, -0.2) is 5.87 Å². The Morgan fingerprint density at radius 2 is 1.89 bits per heavy atom. The predicted octanol–water partition coefficient (Wildman–Crippen LogP) is 1.17. The number of hydrogen-bond acceptors (Lipinski definition) is 0. The van der Waals surface area contributed by atoms with Crippen molar-refractivity contribution in [1.29, 1.82) is 0 Å². The highest BCUT2D eigenvalue weighted by Gasteiger charge is 1.78. The zero-order valence-corrected chi connectivity index (χ0v) is 4.91. The maximum absolute atomic E-state index is 8.21. The van der Waals surface area contributed by atoms with Crippen molar-refractivity contribution in [2.24, 2.45) is 0 Å². The molecular formula is C8H6N. The van der Waals surface area contributed by atoms with E-state index in [1.807, 2.05) is 36.2 Å². The third kappa shape index (κ3) is 1.56. The van der Waals surface area contributed by atoms with E-state index in [-0.39, 0.29) is 0 Å². The lowest BCUT2D eigenvalue weighted by atomic mass is 10.2. The summed E-state index contributed by atoms with van der Waals surface area (Å²) in [4.78, 5) is 0. The highest BCUT2D eigenvalue weighted by atomic mass is 14.3. The predicted molar refractivity (Wildman–Crippen MR) is 38.0 cm³/mol. The summed E-state index contributed by atoms with van der Waals surface area (Å²) in [5.41, 5.74) is 0.958. The molecule has 1 aromatic carbocycles. The average molecular weight is 116 g/mol. The second kappa shape index (κ2) is 2.85. The molecule has 0 saturated heterocycles. The molecule has 0 aliphatic heterocycles. The topological polar surface area (TPSA) is 22.3 Å². The van der Waals surface area contributed by atoms with Gasteiger partial charge in [-0.05, 0) is 5.56 Å². The Morgan fingerprint density at radius 3 is 2.44 bits per heavy atom. The first-order valence-corrected chi connectivity index (χ1v) is 2.71. The minimum atomic E-state index is 0.958. The molecule has 0 amide bonds. The zero-order valence-electron chi connectivity index (χ0n) is 4.91. The summed E-state index contributed by atoms with van der Waals surface area (Å²) in [5.74, 6) is 1.96. The van der Waals surface area contributed by atoms with E-state index in [1.54, 1.807) is 0 Å². The van der Waals surface area contributed by atoms with Gasteiger partial charge in [0.2, 0.25) is 0 Å². The van der Waals surface area contributed by atoms with Gasteiger partial charge in [-0.25, -0.2) is 0 Å². The van der Waals surface area contributed by atoms with Gasteiger partial charge in [0.25, 0.3) is 0 Å². The minimum Gasteiger partial charge on any atom is -0.0969 e. The van der Waals surface area contributed by atoms with E-state index in [2.05, 4.69) is 0 Å². The Labute approximate surface area is 54.2 Å². The van der Waals surface area contributed by atoms with E-state index >= 15 is 0 Å². The molecule has 1 rings (SSSR count). The van der Waals surface area contributed by atoms with E-state index in [0.29, 0.717) is 0 Å². The molecule has 0 aliphatic carbocycles. The van der Waals surface area contributed by atoms with Crippen LogP contribution in [0.5, 0.6) is 0 Å². The molecular weight excluding hydrogens is 110 g/mol. The standard InChI is InChI=1S/C8H6N/c9-7-6-8-4-2-1-3-5-8/h1-6H. The molecule has 0 saturated carbocycles. The van der Waals surface area contributed by atoms with Crippen LogP contribution < -0.4 is 5.41 Å². The Morgan fingerprint density at radius 1 is 1.22 bits per heavy atom. The normalized spacial score (nSPS) is 8.00. The fourth-order valence-electron chi connectivity index (χ4n) is 0.624. The summed E-state index contributed by atoms with van der Waals surface area (Å²) in [5, 5.41) is 8.21. The molecule has 0 N–H and O–H groups in total. The lowest BCUT2D eigenvalue weighted by molar-refractivity contribution is 1.67. The molecule has 0 atom stereocenters. The quantitative estimate of drug-likeness (QED) is 0.491. The lowest BCUT2D eigenvalue weighted by Crippen LogP contribution is -1.67. The van der Waals surface area contributed by atoms with Crippen molar-refractivity contribution < 1.29 is 0 Å². The Kier molecular flexibility index (Phi) is 1.84. The molecule has 1 nitrogen and oxygen atoms in total. The number of nitrogens with zero attached hydrogens (tertiary/aromatic N) is 1. The van der Waals surface area contributed by atoms with Crippen molar-refractivity contribution in [1.82, 2.24) is 5.41 Å². The first-order chi connectivity index (χ1) is 4.43. The molecule has 0 aliphatic rings. The fraction of sp³-hybridized carbons (Fsp3) is 0. The largest absolute Gasteiger partial charge is 0.0969 e. The van der Waals surface area contributed by atoms with E-state index in [1.165, 1.54) is 6.08 Å². The van der Waals surface area contributed by atoms with Gasteiger partial charge in [-0.1, -0.05) is 35.7 Å². The minimum absolute atomic E-state index is 0.958. The van der Waals surface area contributed by atoms with Gasteiger partial charge in [0.15, 0.2) is 0 Å². The number of hydrogen-bond donors (Lipinski definition) is 0. The number of benzene rings is 1. The highest BCUT2D eigenvalue weighted by Crippen LogP contribution is 1.96. The van der Waals surface area contributed by atoms with E-state index < -0.39 is 0 Å². The van der Waals surface area contributed by atoms with Crippen molar-refractivity contribution in [3.8, 4) is 0 Å². The van der Waals surface area contributed by atoms with Crippen LogP contribution in [0.25, 0.3) is 6.08 Å². The van der Waals surface area contributed by atoms with Crippen LogP contribution in [0.15, 0.2) is 30.3 Å². The Bertz CT molecular complexity index is 220. The molecule has 9 heavy (non-hydrogen) atoms. The molecule has 1 heteroatoms. The molecule has 0 spiro atoms. The van der Waals surface area contributed by atoms with Gasteiger partial charge < -0.3 is 0 Å². The molecule has 0 heterocycles. The van der Waals surface area contributed by atoms with Crippen molar-refractivity contribution in [2.75, 3.05) is 0 Å². The van der Waals surface area contributed by atoms with Crippen LogP contribution >= 0.6 is 0 Å². The first kappa shape index (κ1) is 5.80. The van der Waals surface area contributed by atoms with Crippen LogP contribution in [0, 0.1) is 0 Å². The van der Waals surface area contributed by atoms with Crippen LogP contribution in [0.4, 0.5) is 0 Å². The second-order valence-electron chi connectivity index (χ2n) is 1.68. The van der Waals surface area contributed by atoms with Crippen molar-refractivity contribution in [2.45, 2.75) is 0 Å². The molecule has 0 aromatic heterocycles. The summed E-state index contributed by atoms with van der Waals surface area (Å²) in [6.07, 6.45) is 1.51. The van der Waals surface area contributed by atoms with Gasteiger partial charge in [-0.3, -0.25) is 0 Å². The Balaban J connectivity index is 2.97. The van der Waals surface area contributed by atoms with E-state index in [9.17, 15) is 0 Å². The summed E-state index contributed by atoms with van der Waals surface area (Å²) >= 11 is 0. The number of rotatable bonds is 1. The summed E-state index contributed by atoms with van der Waals surface area (Å²) < 4.78 is 0. The van der Waals surface area contributed by atoms with Crippen molar-refractivity contribution in [3.63, 3.8) is 0 Å². The van der Waals surface area contributed by atoms with E-state index in [4.69, 9.17) is 5.41 Å². The first-order valence-electron chi connectivity index (χ1n) is 2.71.